The number of azide groups is 1. The van der Waals surface area contributed by atoms with E-state index in [0.29, 0.717) is 12.2 Å². The van der Waals surface area contributed by atoms with E-state index < -0.39 is 0 Å². The second-order valence-corrected chi connectivity index (χ2v) is 0.899. The van der Waals surface area contributed by atoms with Gasteiger partial charge in [-0.2, -0.15) is 0 Å². The molecule has 0 aliphatic heterocycles. The van der Waals surface area contributed by atoms with Crippen LogP contribution in [-0.2, 0) is 4.18 Å². The highest BCUT2D eigenvalue weighted by atomic mass is 32.2. The zero-order valence-electron chi connectivity index (χ0n) is 3.11. The lowest BCUT2D eigenvalue weighted by atomic mass is 11.6. The zero-order chi connectivity index (χ0) is 5.54. The largest absolute Gasteiger partial charge is 0.345 e. The first-order valence-electron chi connectivity index (χ1n) is 1.18. The van der Waals surface area contributed by atoms with Crippen LogP contribution in [0.3, 0.4) is 0 Å². The molecule has 0 saturated carbocycles. The molecule has 7 heavy (non-hydrogen) atoms. The van der Waals surface area contributed by atoms with Crippen LogP contribution < -0.4 is 0 Å². The Morgan fingerprint density at radius 2 is 2.71 bits per heavy atom. The molecular formula is CN4OS. The highest BCUT2D eigenvalue weighted by Gasteiger charge is 1.72. The summed E-state index contributed by atoms with van der Waals surface area (Å²) in [5.74, 6) is 0. The maximum atomic E-state index is 7.62. The molecule has 0 saturated heterocycles. The molecule has 0 bridgehead atoms. The molecule has 6 heteroatoms. The van der Waals surface area contributed by atoms with E-state index in [1.807, 2.05) is 0 Å². The van der Waals surface area contributed by atoms with Gasteiger partial charge in [-0.1, -0.05) is 0 Å². The quantitative estimate of drug-likeness (QED) is 0.104. The van der Waals surface area contributed by atoms with Crippen LogP contribution in [0.2, 0.25) is 0 Å². The molecule has 0 aliphatic rings. The van der Waals surface area contributed by atoms with Crippen LogP contribution in [-0.4, -0.2) is 0 Å². The fourth-order valence-corrected chi connectivity index (χ4v) is 0.145. The second kappa shape index (κ2) is 4.95. The summed E-state index contributed by atoms with van der Waals surface area (Å²) in [6.07, 6.45) is 1.30. The van der Waals surface area contributed by atoms with Gasteiger partial charge in [0.15, 0.2) is 12.2 Å². The van der Waals surface area contributed by atoms with Gasteiger partial charge in [0.2, 0.25) is 0 Å². The first-order chi connectivity index (χ1) is 3.41. The van der Waals surface area contributed by atoms with Gasteiger partial charge in [0.1, 0.15) is 0 Å². The van der Waals surface area contributed by atoms with E-state index in [1.165, 1.54) is 6.26 Å². The van der Waals surface area contributed by atoms with Crippen molar-refractivity contribution in [3.8, 4) is 6.26 Å². The Morgan fingerprint density at radius 1 is 2.00 bits per heavy atom. The maximum Gasteiger partial charge on any atom is 0.299 e. The lowest BCUT2D eigenvalue weighted by molar-refractivity contribution is 0.595. The lowest BCUT2D eigenvalue weighted by Gasteiger charge is -1.73. The van der Waals surface area contributed by atoms with E-state index in [0.717, 1.165) is 0 Å². The van der Waals surface area contributed by atoms with Crippen LogP contribution >= 0.6 is 12.2 Å². The summed E-state index contributed by atoms with van der Waals surface area (Å²) >= 11 is 0.400. The fourth-order valence-electron chi connectivity index (χ4n) is 0.0482. The Balaban J connectivity index is 3.03. The molecule has 0 heterocycles. The van der Waals surface area contributed by atoms with E-state index in [2.05, 4.69) is 13.6 Å². The van der Waals surface area contributed by atoms with Crippen molar-refractivity contribution in [2.24, 2.45) is 4.52 Å². The molecule has 0 aromatic heterocycles. The van der Waals surface area contributed by atoms with Gasteiger partial charge in [0, 0.05) is 9.43 Å². The van der Waals surface area contributed by atoms with E-state index in [-0.39, 0.29) is 0 Å². The van der Waals surface area contributed by atoms with Crippen molar-refractivity contribution in [1.29, 1.82) is 5.26 Å². The molecule has 0 amide bonds. The van der Waals surface area contributed by atoms with Gasteiger partial charge in [0.25, 0.3) is 6.26 Å². The van der Waals surface area contributed by atoms with Gasteiger partial charge in [-0.15, -0.1) is 5.26 Å². The Hall–Kier alpha value is -1.05. The number of hydrogen-bond acceptors (Lipinski definition) is 4. The molecule has 0 rings (SSSR count). The van der Waals surface area contributed by atoms with E-state index in [9.17, 15) is 0 Å². The topological polar surface area (TPSA) is 81.8 Å². The Labute approximate surface area is 43.8 Å². The van der Waals surface area contributed by atoms with Crippen molar-refractivity contribution in [2.75, 3.05) is 0 Å². The third kappa shape index (κ3) is 4.95. The van der Waals surface area contributed by atoms with Gasteiger partial charge < -0.3 is 4.18 Å². The smallest absolute Gasteiger partial charge is 0.299 e. The van der Waals surface area contributed by atoms with E-state index >= 15 is 0 Å². The number of rotatable bonds is 2. The van der Waals surface area contributed by atoms with Crippen molar-refractivity contribution >= 4 is 12.2 Å². The summed E-state index contributed by atoms with van der Waals surface area (Å²) in [5.41, 5.74) is 7.54. The zero-order valence-corrected chi connectivity index (χ0v) is 3.92. The monoisotopic (exact) mass is 116 g/mol. The third-order valence-corrected chi connectivity index (χ3v) is 0.433. The minimum absolute atomic E-state index is 0.400. The lowest BCUT2D eigenvalue weighted by Crippen LogP contribution is -1.52. The Bertz CT molecular complexity index is 120. The molecule has 0 spiro atoms. The summed E-state index contributed by atoms with van der Waals surface area (Å²) < 4.78 is 6.69. The summed E-state index contributed by atoms with van der Waals surface area (Å²) in [6, 6.07) is 0. The minimum atomic E-state index is 0.400. The maximum absolute atomic E-state index is 7.62. The average Bonchev–Trinajstić information content (AvgIpc) is 1.69. The SMILES string of the molecule is N#COSN=[N+]=[N-]. The number of nitriles is 1. The minimum Gasteiger partial charge on any atom is -0.345 e. The van der Waals surface area contributed by atoms with Crippen molar-refractivity contribution in [2.45, 2.75) is 0 Å². The average molecular weight is 116 g/mol. The molecule has 5 nitrogen and oxygen atoms in total. The van der Waals surface area contributed by atoms with Gasteiger partial charge in [-0.3, -0.25) is 0 Å². The molecule has 0 aromatic rings. The van der Waals surface area contributed by atoms with Crippen LogP contribution in [0.25, 0.3) is 10.4 Å². The standard InChI is InChI=1S/CN4OS/c2-1-6-7-5-4-3. The molecule has 0 atom stereocenters. The highest BCUT2D eigenvalue weighted by molar-refractivity contribution is 7.93. The van der Waals surface area contributed by atoms with Crippen LogP contribution in [0.1, 0.15) is 0 Å². The van der Waals surface area contributed by atoms with Gasteiger partial charge in [0.05, 0.1) is 0 Å². The summed E-state index contributed by atoms with van der Waals surface area (Å²) in [5, 5.41) is 7.62. The van der Waals surface area contributed by atoms with Crippen LogP contribution in [0, 0.1) is 11.5 Å². The molecular weight excluding hydrogens is 116 g/mol. The number of nitrogens with zero attached hydrogens (tertiary/aromatic N) is 4. The number of hydrogen-bond donors (Lipinski definition) is 0. The molecule has 0 aliphatic carbocycles. The van der Waals surface area contributed by atoms with Crippen molar-refractivity contribution in [1.82, 2.24) is 0 Å². The Morgan fingerprint density at radius 3 is 3.14 bits per heavy atom. The molecule has 0 aromatic carbocycles. The van der Waals surface area contributed by atoms with Crippen LogP contribution in [0.4, 0.5) is 0 Å². The molecule has 0 fully saturated rings. The van der Waals surface area contributed by atoms with Gasteiger partial charge in [-0.25, -0.2) is 0 Å². The summed E-state index contributed by atoms with van der Waals surface area (Å²) in [4.78, 5) is 2.29. The van der Waals surface area contributed by atoms with Crippen molar-refractivity contribution in [3.63, 3.8) is 0 Å². The molecule has 0 unspecified atom stereocenters. The first-order valence-corrected chi connectivity index (χ1v) is 1.88. The normalized spacial score (nSPS) is 5.57. The highest BCUT2D eigenvalue weighted by Crippen LogP contribution is 2.00. The molecule has 0 radical (unpaired) electrons. The van der Waals surface area contributed by atoms with Crippen molar-refractivity contribution < 1.29 is 4.18 Å². The first kappa shape index (κ1) is 5.95. The van der Waals surface area contributed by atoms with Crippen LogP contribution in [0.15, 0.2) is 4.52 Å². The summed E-state index contributed by atoms with van der Waals surface area (Å²) in [7, 11) is 0. The predicted molar refractivity (Wildman–Crippen MR) is 23.4 cm³/mol. The van der Waals surface area contributed by atoms with Crippen LogP contribution in [0.5, 0.6) is 0 Å². The van der Waals surface area contributed by atoms with E-state index in [1.54, 1.807) is 0 Å². The third-order valence-electron chi connectivity index (χ3n) is 0.144. The van der Waals surface area contributed by atoms with E-state index in [4.69, 9.17) is 10.8 Å². The molecule has 36 valence electrons. The summed E-state index contributed by atoms with van der Waals surface area (Å²) in [6.45, 7) is 0. The van der Waals surface area contributed by atoms with Gasteiger partial charge in [-0.05, 0) is 5.53 Å². The fraction of sp³-hybridized carbons (Fsp3) is 0. The van der Waals surface area contributed by atoms with Crippen molar-refractivity contribution in [3.05, 3.63) is 10.4 Å². The second-order valence-electron chi connectivity index (χ2n) is 0.420. The Kier molecular flexibility index (Phi) is 4.21. The predicted octanol–water partition coefficient (Wildman–Crippen LogP) is 1.36. The van der Waals surface area contributed by atoms with Gasteiger partial charge >= 0.3 is 0 Å². The molecule has 0 N–H and O–H groups in total.